The highest BCUT2D eigenvalue weighted by molar-refractivity contribution is 5.82. The number of carbonyl (C=O) groups excluding carboxylic acids is 1. The molecule has 2 unspecified atom stereocenters. The second-order valence-corrected chi connectivity index (χ2v) is 4.34. The highest BCUT2D eigenvalue weighted by Gasteiger charge is 2.37. The van der Waals surface area contributed by atoms with Crippen LogP contribution in [0.3, 0.4) is 0 Å². The summed E-state index contributed by atoms with van der Waals surface area (Å²) >= 11 is 0. The van der Waals surface area contributed by atoms with Gasteiger partial charge in [0.2, 0.25) is 0 Å². The van der Waals surface area contributed by atoms with Crippen molar-refractivity contribution in [3.63, 3.8) is 0 Å². The summed E-state index contributed by atoms with van der Waals surface area (Å²) in [6.45, 7) is 5.67. The van der Waals surface area contributed by atoms with E-state index in [-0.39, 0.29) is 6.42 Å². The lowest BCUT2D eigenvalue weighted by Gasteiger charge is -2.27. The number of hydrogen-bond donors (Lipinski definition) is 1. The molecule has 0 aromatic heterocycles. The van der Waals surface area contributed by atoms with Gasteiger partial charge in [-0.2, -0.15) is 0 Å². The fourth-order valence-corrected chi connectivity index (χ4v) is 1.72. The molecule has 0 aliphatic heterocycles. The van der Waals surface area contributed by atoms with Gasteiger partial charge in [-0.15, -0.1) is 0 Å². The van der Waals surface area contributed by atoms with Crippen molar-refractivity contribution in [2.75, 3.05) is 7.11 Å². The van der Waals surface area contributed by atoms with Gasteiger partial charge in [-0.1, -0.05) is 20.3 Å². The lowest BCUT2D eigenvalue weighted by molar-refractivity contribution is -0.158. The third-order valence-corrected chi connectivity index (χ3v) is 2.72. The van der Waals surface area contributed by atoms with Crippen LogP contribution in [0.4, 0.5) is 0 Å². The highest BCUT2D eigenvalue weighted by atomic mass is 16.5. The Balaban J connectivity index is 4.69. The van der Waals surface area contributed by atoms with Crippen molar-refractivity contribution in [2.45, 2.75) is 40.0 Å². The Bertz CT molecular complexity index is 237. The molecule has 4 heteroatoms. The van der Waals surface area contributed by atoms with Crippen LogP contribution in [0, 0.1) is 11.3 Å². The van der Waals surface area contributed by atoms with Gasteiger partial charge >= 0.3 is 11.9 Å². The van der Waals surface area contributed by atoms with Crippen LogP contribution in [0.2, 0.25) is 0 Å². The van der Waals surface area contributed by atoms with Crippen molar-refractivity contribution in [1.29, 1.82) is 0 Å². The van der Waals surface area contributed by atoms with Gasteiger partial charge in [0.05, 0.1) is 18.9 Å². The first-order valence-electron chi connectivity index (χ1n) is 5.16. The van der Waals surface area contributed by atoms with E-state index in [1.54, 1.807) is 6.92 Å². The maximum absolute atomic E-state index is 11.5. The number of esters is 1. The molecule has 88 valence electrons. The number of carboxylic acid groups (broad SMARTS) is 1. The van der Waals surface area contributed by atoms with E-state index >= 15 is 0 Å². The lowest BCUT2D eigenvalue weighted by atomic mass is 9.78. The summed E-state index contributed by atoms with van der Waals surface area (Å²) in [6.07, 6.45) is 1.29. The van der Waals surface area contributed by atoms with Crippen LogP contribution >= 0.6 is 0 Å². The Morgan fingerprint density at radius 2 is 2.00 bits per heavy atom. The number of aliphatic carboxylic acids is 1. The minimum absolute atomic E-state index is 0.177. The van der Waals surface area contributed by atoms with Gasteiger partial charge in [-0.3, -0.25) is 9.59 Å². The molecule has 4 nitrogen and oxygen atoms in total. The molecule has 0 aliphatic rings. The van der Waals surface area contributed by atoms with E-state index in [4.69, 9.17) is 5.11 Å². The van der Waals surface area contributed by atoms with Crippen LogP contribution in [0.1, 0.15) is 40.0 Å². The maximum Gasteiger partial charge on any atom is 0.312 e. The zero-order chi connectivity index (χ0) is 12.1. The van der Waals surface area contributed by atoms with E-state index in [1.165, 1.54) is 7.11 Å². The molecule has 0 aromatic carbocycles. The smallest absolute Gasteiger partial charge is 0.312 e. The van der Waals surface area contributed by atoms with Crippen LogP contribution in [0.5, 0.6) is 0 Å². The number of carboxylic acids is 1. The summed E-state index contributed by atoms with van der Waals surface area (Å²) in [6, 6.07) is 0. The SMILES string of the molecule is CCC(C)CC(C)(CC(=O)O)C(=O)OC. The molecule has 0 spiro atoms. The lowest BCUT2D eigenvalue weighted by Crippen LogP contribution is -2.33. The van der Waals surface area contributed by atoms with Crippen molar-refractivity contribution >= 4 is 11.9 Å². The Labute approximate surface area is 90.6 Å². The monoisotopic (exact) mass is 216 g/mol. The molecule has 0 amide bonds. The zero-order valence-corrected chi connectivity index (χ0v) is 9.87. The Kier molecular flexibility index (Phi) is 5.33. The van der Waals surface area contributed by atoms with E-state index in [2.05, 4.69) is 4.74 Å². The van der Waals surface area contributed by atoms with Gasteiger partial charge in [0, 0.05) is 0 Å². The van der Waals surface area contributed by atoms with E-state index < -0.39 is 17.4 Å². The standard InChI is InChI=1S/C11H20O4/c1-5-8(2)6-11(3,7-9(12)13)10(14)15-4/h8H,5-7H2,1-4H3,(H,12,13). The van der Waals surface area contributed by atoms with Crippen molar-refractivity contribution in [1.82, 2.24) is 0 Å². The Morgan fingerprint density at radius 1 is 1.47 bits per heavy atom. The third kappa shape index (κ3) is 4.32. The van der Waals surface area contributed by atoms with Gasteiger partial charge in [-0.05, 0) is 19.3 Å². The van der Waals surface area contributed by atoms with E-state index in [9.17, 15) is 9.59 Å². The number of hydrogen-bond acceptors (Lipinski definition) is 3. The number of ether oxygens (including phenoxy) is 1. The normalized spacial score (nSPS) is 16.5. The summed E-state index contributed by atoms with van der Waals surface area (Å²) in [5.74, 6) is -1.09. The first-order chi connectivity index (χ1) is 6.85. The van der Waals surface area contributed by atoms with Gasteiger partial charge in [-0.25, -0.2) is 0 Å². The zero-order valence-electron chi connectivity index (χ0n) is 9.87. The van der Waals surface area contributed by atoms with Crippen molar-refractivity contribution in [3.05, 3.63) is 0 Å². The topological polar surface area (TPSA) is 63.6 Å². The molecule has 0 radical (unpaired) electrons. The summed E-state index contributed by atoms with van der Waals surface area (Å²) < 4.78 is 4.66. The van der Waals surface area contributed by atoms with E-state index in [1.807, 2.05) is 13.8 Å². The average Bonchev–Trinajstić information content (AvgIpc) is 2.14. The molecular formula is C11H20O4. The second kappa shape index (κ2) is 5.73. The highest BCUT2D eigenvalue weighted by Crippen LogP contribution is 2.32. The molecule has 0 bridgehead atoms. The summed E-state index contributed by atoms with van der Waals surface area (Å²) in [7, 11) is 1.29. The first kappa shape index (κ1) is 13.9. The average molecular weight is 216 g/mol. The molecule has 0 fully saturated rings. The minimum atomic E-state index is -0.966. The van der Waals surface area contributed by atoms with Crippen molar-refractivity contribution in [3.8, 4) is 0 Å². The van der Waals surface area contributed by atoms with Crippen molar-refractivity contribution in [2.24, 2.45) is 11.3 Å². The predicted molar refractivity (Wildman–Crippen MR) is 56.4 cm³/mol. The summed E-state index contributed by atoms with van der Waals surface area (Å²) in [5, 5.41) is 8.77. The van der Waals surface area contributed by atoms with Crippen LogP contribution in [-0.2, 0) is 14.3 Å². The Morgan fingerprint density at radius 3 is 2.33 bits per heavy atom. The summed E-state index contributed by atoms with van der Waals surface area (Å²) in [5.41, 5.74) is -0.907. The van der Waals surface area contributed by atoms with Gasteiger partial charge in [0.15, 0.2) is 0 Å². The predicted octanol–water partition coefficient (Wildman–Crippen LogP) is 2.08. The van der Waals surface area contributed by atoms with Crippen LogP contribution in [0.25, 0.3) is 0 Å². The molecule has 0 aliphatic carbocycles. The van der Waals surface area contributed by atoms with Crippen molar-refractivity contribution < 1.29 is 19.4 Å². The van der Waals surface area contributed by atoms with Gasteiger partial charge in [0.25, 0.3) is 0 Å². The largest absolute Gasteiger partial charge is 0.481 e. The minimum Gasteiger partial charge on any atom is -0.481 e. The molecule has 1 N–H and O–H groups in total. The molecule has 0 rings (SSSR count). The maximum atomic E-state index is 11.5. The van der Waals surface area contributed by atoms with Crippen LogP contribution in [-0.4, -0.2) is 24.2 Å². The third-order valence-electron chi connectivity index (χ3n) is 2.72. The molecule has 0 saturated carbocycles. The number of methoxy groups -OCH3 is 1. The fourth-order valence-electron chi connectivity index (χ4n) is 1.72. The molecule has 0 heterocycles. The number of rotatable bonds is 6. The van der Waals surface area contributed by atoms with E-state index in [0.29, 0.717) is 12.3 Å². The fraction of sp³-hybridized carbons (Fsp3) is 0.818. The van der Waals surface area contributed by atoms with E-state index in [0.717, 1.165) is 6.42 Å². The van der Waals surface area contributed by atoms with Crippen LogP contribution in [0.15, 0.2) is 0 Å². The quantitative estimate of drug-likeness (QED) is 0.690. The number of carbonyl (C=O) groups is 2. The molecule has 0 aromatic rings. The van der Waals surface area contributed by atoms with Crippen LogP contribution < -0.4 is 0 Å². The molecule has 2 atom stereocenters. The summed E-state index contributed by atoms with van der Waals surface area (Å²) in [4.78, 5) is 22.2. The van der Waals surface area contributed by atoms with Gasteiger partial charge in [0.1, 0.15) is 0 Å². The molecular weight excluding hydrogens is 196 g/mol. The molecule has 15 heavy (non-hydrogen) atoms. The Hall–Kier alpha value is -1.06. The van der Waals surface area contributed by atoms with Gasteiger partial charge < -0.3 is 9.84 Å². The first-order valence-corrected chi connectivity index (χ1v) is 5.16. The second-order valence-electron chi connectivity index (χ2n) is 4.34. The molecule has 0 saturated heterocycles.